The highest BCUT2D eigenvalue weighted by Gasteiger charge is 2.29. The van der Waals surface area contributed by atoms with Gasteiger partial charge < -0.3 is 10.1 Å². The van der Waals surface area contributed by atoms with E-state index in [0.717, 1.165) is 32.4 Å². The van der Waals surface area contributed by atoms with Gasteiger partial charge in [-0.25, -0.2) is 0 Å². The van der Waals surface area contributed by atoms with Crippen LogP contribution in [0.15, 0.2) is 0 Å². The van der Waals surface area contributed by atoms with Crippen molar-refractivity contribution in [1.29, 1.82) is 0 Å². The second kappa shape index (κ2) is 7.21. The minimum absolute atomic E-state index is 0.0697. The lowest BCUT2D eigenvalue weighted by atomic mass is 10.0. The predicted molar refractivity (Wildman–Crippen MR) is 61.0 cm³/mol. The molecule has 0 bridgehead atoms. The molecule has 1 fully saturated rings. The molecule has 1 rings (SSSR count). The van der Waals surface area contributed by atoms with Crippen molar-refractivity contribution in [2.45, 2.75) is 63.8 Å². The molecule has 0 aliphatic carbocycles. The predicted octanol–water partition coefficient (Wildman–Crippen LogP) is 3.27. The number of hydrogen-bond donors (Lipinski definition) is 1. The average Bonchev–Trinajstić information content (AvgIpc) is 2.73. The molecule has 17 heavy (non-hydrogen) atoms. The molecule has 2 nitrogen and oxygen atoms in total. The highest BCUT2D eigenvalue weighted by atomic mass is 19.4. The quantitative estimate of drug-likeness (QED) is 0.752. The zero-order valence-corrected chi connectivity index (χ0v) is 10.4. The summed E-state index contributed by atoms with van der Waals surface area (Å²) in [5.74, 6) is 0. The number of nitrogens with one attached hydrogen (secondary N) is 1. The molecule has 102 valence electrons. The third-order valence-electron chi connectivity index (χ3n) is 3.03. The summed E-state index contributed by atoms with van der Waals surface area (Å²) in [5.41, 5.74) is 0. The molecule has 1 N–H and O–H groups in total. The van der Waals surface area contributed by atoms with Crippen LogP contribution in [0.4, 0.5) is 13.2 Å². The van der Waals surface area contributed by atoms with Gasteiger partial charge in [-0.3, -0.25) is 0 Å². The normalized spacial score (nSPS) is 22.9. The number of ether oxygens (including phenoxy) is 1. The SMILES string of the molecule is CCCNC(CCC(F)(F)F)CC1CCCO1. The minimum atomic E-state index is -4.05. The molecule has 0 amide bonds. The Morgan fingerprint density at radius 1 is 1.41 bits per heavy atom. The summed E-state index contributed by atoms with van der Waals surface area (Å²) in [4.78, 5) is 0. The highest BCUT2D eigenvalue weighted by molar-refractivity contribution is 4.76. The molecule has 5 heteroatoms. The van der Waals surface area contributed by atoms with Crippen molar-refractivity contribution in [2.24, 2.45) is 0 Å². The molecule has 0 aromatic heterocycles. The van der Waals surface area contributed by atoms with Gasteiger partial charge in [0.25, 0.3) is 0 Å². The summed E-state index contributed by atoms with van der Waals surface area (Å²) >= 11 is 0. The Kier molecular flexibility index (Phi) is 6.27. The fourth-order valence-corrected chi connectivity index (χ4v) is 2.14. The lowest BCUT2D eigenvalue weighted by Crippen LogP contribution is -2.34. The van der Waals surface area contributed by atoms with Crippen LogP contribution < -0.4 is 5.32 Å². The molecule has 1 saturated heterocycles. The minimum Gasteiger partial charge on any atom is -0.378 e. The Morgan fingerprint density at radius 2 is 2.18 bits per heavy atom. The summed E-state index contributed by atoms with van der Waals surface area (Å²) in [7, 11) is 0. The third-order valence-corrected chi connectivity index (χ3v) is 3.03. The summed E-state index contributed by atoms with van der Waals surface area (Å²) < 4.78 is 42.1. The van der Waals surface area contributed by atoms with Crippen LogP contribution in [0, 0.1) is 0 Å². The maximum Gasteiger partial charge on any atom is 0.389 e. The van der Waals surface area contributed by atoms with E-state index in [2.05, 4.69) is 5.32 Å². The van der Waals surface area contributed by atoms with E-state index in [1.165, 1.54) is 0 Å². The Labute approximate surface area is 101 Å². The van der Waals surface area contributed by atoms with Gasteiger partial charge in [-0.05, 0) is 38.6 Å². The standard InChI is InChI=1S/C12H22F3NO/c1-2-7-16-10(5-6-12(13,14)15)9-11-4-3-8-17-11/h10-11,16H,2-9H2,1H3. The van der Waals surface area contributed by atoms with Gasteiger partial charge in [0.05, 0.1) is 6.10 Å². The molecule has 2 unspecified atom stereocenters. The van der Waals surface area contributed by atoms with Crippen LogP contribution in [0.3, 0.4) is 0 Å². The van der Waals surface area contributed by atoms with Crippen molar-refractivity contribution in [2.75, 3.05) is 13.2 Å². The van der Waals surface area contributed by atoms with Crippen molar-refractivity contribution in [3.8, 4) is 0 Å². The van der Waals surface area contributed by atoms with Gasteiger partial charge in [-0.1, -0.05) is 6.92 Å². The summed E-state index contributed by atoms with van der Waals surface area (Å²) in [6.07, 6.45) is -0.796. The van der Waals surface area contributed by atoms with Gasteiger partial charge in [0, 0.05) is 19.1 Å². The monoisotopic (exact) mass is 253 g/mol. The zero-order valence-electron chi connectivity index (χ0n) is 10.4. The number of halogens is 3. The molecule has 0 spiro atoms. The van der Waals surface area contributed by atoms with Crippen molar-refractivity contribution in [1.82, 2.24) is 5.32 Å². The summed E-state index contributed by atoms with van der Waals surface area (Å²) in [5, 5.41) is 3.19. The van der Waals surface area contributed by atoms with E-state index in [4.69, 9.17) is 4.74 Å². The smallest absolute Gasteiger partial charge is 0.378 e. The van der Waals surface area contributed by atoms with Crippen molar-refractivity contribution in [3.05, 3.63) is 0 Å². The first-order chi connectivity index (χ1) is 8.01. The molecular weight excluding hydrogens is 231 g/mol. The van der Waals surface area contributed by atoms with Gasteiger partial charge >= 0.3 is 6.18 Å². The third kappa shape index (κ3) is 6.88. The Balaban J connectivity index is 2.30. The molecular formula is C12H22F3NO. The first-order valence-electron chi connectivity index (χ1n) is 6.43. The number of hydrogen-bond acceptors (Lipinski definition) is 2. The van der Waals surface area contributed by atoms with E-state index in [1.807, 2.05) is 6.92 Å². The first-order valence-corrected chi connectivity index (χ1v) is 6.43. The van der Waals surface area contributed by atoms with Gasteiger partial charge in [-0.2, -0.15) is 13.2 Å². The lowest BCUT2D eigenvalue weighted by molar-refractivity contribution is -0.137. The van der Waals surface area contributed by atoms with Crippen LogP contribution in [0.1, 0.15) is 45.4 Å². The van der Waals surface area contributed by atoms with Gasteiger partial charge in [0.2, 0.25) is 0 Å². The Bertz CT molecular complexity index is 202. The van der Waals surface area contributed by atoms with E-state index >= 15 is 0 Å². The molecule has 2 atom stereocenters. The van der Waals surface area contributed by atoms with Crippen LogP contribution in [0.2, 0.25) is 0 Å². The lowest BCUT2D eigenvalue weighted by Gasteiger charge is -2.22. The zero-order chi connectivity index (χ0) is 12.7. The second-order valence-corrected chi connectivity index (χ2v) is 4.68. The second-order valence-electron chi connectivity index (χ2n) is 4.68. The van der Waals surface area contributed by atoms with Crippen molar-refractivity contribution < 1.29 is 17.9 Å². The fourth-order valence-electron chi connectivity index (χ4n) is 2.14. The molecule has 1 aliphatic rings. The van der Waals surface area contributed by atoms with E-state index in [0.29, 0.717) is 6.42 Å². The molecule has 0 radical (unpaired) electrons. The maximum absolute atomic E-state index is 12.2. The Morgan fingerprint density at radius 3 is 2.71 bits per heavy atom. The van der Waals surface area contributed by atoms with Gasteiger partial charge in [0.1, 0.15) is 0 Å². The number of rotatable bonds is 7. The topological polar surface area (TPSA) is 21.3 Å². The van der Waals surface area contributed by atoms with E-state index in [-0.39, 0.29) is 18.6 Å². The Hall–Kier alpha value is -0.290. The molecule has 0 saturated carbocycles. The first kappa shape index (κ1) is 14.8. The van der Waals surface area contributed by atoms with E-state index in [9.17, 15) is 13.2 Å². The van der Waals surface area contributed by atoms with Crippen LogP contribution in [-0.2, 0) is 4.74 Å². The van der Waals surface area contributed by atoms with E-state index in [1.54, 1.807) is 0 Å². The van der Waals surface area contributed by atoms with Crippen LogP contribution in [0.25, 0.3) is 0 Å². The molecule has 0 aromatic rings. The molecule has 1 heterocycles. The average molecular weight is 253 g/mol. The largest absolute Gasteiger partial charge is 0.389 e. The number of alkyl halides is 3. The fraction of sp³-hybridized carbons (Fsp3) is 1.00. The van der Waals surface area contributed by atoms with Crippen LogP contribution in [0.5, 0.6) is 0 Å². The summed E-state index contributed by atoms with van der Waals surface area (Å²) in [6, 6.07) is -0.0697. The van der Waals surface area contributed by atoms with Crippen molar-refractivity contribution >= 4 is 0 Å². The maximum atomic E-state index is 12.2. The summed E-state index contributed by atoms with van der Waals surface area (Å²) in [6.45, 7) is 3.54. The molecule has 1 aliphatic heterocycles. The van der Waals surface area contributed by atoms with Crippen LogP contribution >= 0.6 is 0 Å². The van der Waals surface area contributed by atoms with Crippen molar-refractivity contribution in [3.63, 3.8) is 0 Å². The van der Waals surface area contributed by atoms with Gasteiger partial charge in [0.15, 0.2) is 0 Å². The molecule has 0 aromatic carbocycles. The highest BCUT2D eigenvalue weighted by Crippen LogP contribution is 2.25. The van der Waals surface area contributed by atoms with Crippen LogP contribution in [-0.4, -0.2) is 31.5 Å². The van der Waals surface area contributed by atoms with Gasteiger partial charge in [-0.15, -0.1) is 0 Å². The van der Waals surface area contributed by atoms with E-state index < -0.39 is 12.6 Å².